The first-order valence-electron chi connectivity index (χ1n) is 8.58. The van der Waals surface area contributed by atoms with E-state index >= 15 is 0 Å². The van der Waals surface area contributed by atoms with E-state index in [1.807, 2.05) is 31.7 Å². The molecule has 2 rings (SSSR count). The summed E-state index contributed by atoms with van der Waals surface area (Å²) in [5.41, 5.74) is 6.40. The number of piperazine rings is 1. The molecule has 27 heavy (non-hydrogen) atoms. The molecular weight excluding hydrogens is 463 g/mol. The van der Waals surface area contributed by atoms with Crippen LogP contribution in [0.3, 0.4) is 0 Å². The Labute approximate surface area is 177 Å². The molecule has 0 saturated carbocycles. The molecule has 3 N–H and O–H groups in total. The molecule has 1 aromatic rings. The predicted octanol–water partition coefficient (Wildman–Crippen LogP) is 2.39. The van der Waals surface area contributed by atoms with E-state index in [1.54, 1.807) is 17.0 Å². The fraction of sp³-hybridized carbons (Fsp3) is 0.556. The molecule has 9 heteroatoms. The number of phenolic OH excluding ortho intramolecular Hbond substituents is 1. The van der Waals surface area contributed by atoms with Gasteiger partial charge in [-0.05, 0) is 38.5 Å². The molecule has 0 aromatic heterocycles. The van der Waals surface area contributed by atoms with Gasteiger partial charge in [0.05, 0.1) is 13.7 Å². The molecule has 1 aromatic carbocycles. The Kier molecular flexibility index (Phi) is 8.45. The van der Waals surface area contributed by atoms with Crippen molar-refractivity contribution in [3.63, 3.8) is 0 Å². The van der Waals surface area contributed by atoms with E-state index in [4.69, 9.17) is 15.2 Å². The third-order valence-electron chi connectivity index (χ3n) is 3.92. The zero-order valence-corrected chi connectivity index (χ0v) is 18.6. The van der Waals surface area contributed by atoms with Gasteiger partial charge in [-0.15, -0.1) is 24.0 Å². The van der Waals surface area contributed by atoms with Crippen molar-refractivity contribution in [2.24, 2.45) is 10.7 Å². The summed E-state index contributed by atoms with van der Waals surface area (Å²) in [6.45, 7) is 8.18. The highest BCUT2D eigenvalue weighted by atomic mass is 127. The number of benzene rings is 1. The Hall–Kier alpha value is -1.91. The number of aromatic hydroxyl groups is 1. The predicted molar refractivity (Wildman–Crippen MR) is 115 cm³/mol. The summed E-state index contributed by atoms with van der Waals surface area (Å²) in [7, 11) is 1.50. The van der Waals surface area contributed by atoms with Crippen molar-refractivity contribution in [1.82, 2.24) is 9.80 Å². The summed E-state index contributed by atoms with van der Waals surface area (Å²) in [4.78, 5) is 20.1. The lowest BCUT2D eigenvalue weighted by atomic mass is 10.2. The third-order valence-corrected chi connectivity index (χ3v) is 3.92. The molecule has 0 bridgehead atoms. The van der Waals surface area contributed by atoms with E-state index < -0.39 is 5.60 Å². The largest absolute Gasteiger partial charge is 0.504 e. The first-order valence-corrected chi connectivity index (χ1v) is 8.58. The molecule has 1 aliphatic heterocycles. The van der Waals surface area contributed by atoms with Gasteiger partial charge in [-0.1, -0.05) is 6.07 Å². The van der Waals surface area contributed by atoms with Crippen LogP contribution in [0.2, 0.25) is 0 Å². The fourth-order valence-electron chi connectivity index (χ4n) is 2.55. The molecule has 0 radical (unpaired) electrons. The first-order chi connectivity index (χ1) is 12.2. The van der Waals surface area contributed by atoms with Gasteiger partial charge in [0.2, 0.25) is 0 Å². The molecule has 0 unspecified atom stereocenters. The quantitative estimate of drug-likeness (QED) is 0.382. The van der Waals surface area contributed by atoms with E-state index in [9.17, 15) is 9.90 Å². The standard InChI is InChI=1S/C18H28N4O4.HI/c1-18(2,3)26-17(24)22-9-7-21(8-10-22)16(19)20-12-13-5-6-15(25-4)14(23)11-13;/h5-6,11,23H,7-10,12H2,1-4H3,(H2,19,20);1H. The number of hydrogen-bond donors (Lipinski definition) is 2. The number of hydrogen-bond acceptors (Lipinski definition) is 5. The molecule has 0 spiro atoms. The van der Waals surface area contributed by atoms with Gasteiger partial charge < -0.3 is 30.1 Å². The van der Waals surface area contributed by atoms with Gasteiger partial charge in [0.25, 0.3) is 0 Å². The van der Waals surface area contributed by atoms with Crippen molar-refractivity contribution >= 4 is 36.0 Å². The Morgan fingerprint density at radius 2 is 1.81 bits per heavy atom. The zero-order valence-electron chi connectivity index (χ0n) is 16.3. The lowest BCUT2D eigenvalue weighted by Crippen LogP contribution is -2.53. The van der Waals surface area contributed by atoms with Crippen molar-refractivity contribution in [1.29, 1.82) is 0 Å². The van der Waals surface area contributed by atoms with Crippen molar-refractivity contribution in [2.75, 3.05) is 33.3 Å². The van der Waals surface area contributed by atoms with E-state index in [-0.39, 0.29) is 35.8 Å². The van der Waals surface area contributed by atoms with Crippen molar-refractivity contribution in [3.8, 4) is 11.5 Å². The van der Waals surface area contributed by atoms with Gasteiger partial charge in [0, 0.05) is 26.2 Å². The highest BCUT2D eigenvalue weighted by Gasteiger charge is 2.26. The molecule has 1 heterocycles. The normalized spacial score (nSPS) is 15.2. The Morgan fingerprint density at radius 1 is 1.22 bits per heavy atom. The summed E-state index contributed by atoms with van der Waals surface area (Å²) in [6.07, 6.45) is -0.304. The van der Waals surface area contributed by atoms with Crippen LogP contribution in [0.25, 0.3) is 0 Å². The minimum atomic E-state index is -0.501. The number of guanidine groups is 1. The van der Waals surface area contributed by atoms with Crippen LogP contribution in [0.15, 0.2) is 23.2 Å². The highest BCUT2D eigenvalue weighted by molar-refractivity contribution is 14.0. The molecule has 0 aliphatic carbocycles. The average Bonchev–Trinajstić information content (AvgIpc) is 2.58. The Bertz CT molecular complexity index is 668. The summed E-state index contributed by atoms with van der Waals surface area (Å²) >= 11 is 0. The van der Waals surface area contributed by atoms with Crippen LogP contribution in [-0.4, -0.2) is 65.8 Å². The number of phenols is 1. The second-order valence-electron chi connectivity index (χ2n) is 7.14. The van der Waals surface area contributed by atoms with Gasteiger partial charge in [-0.3, -0.25) is 0 Å². The van der Waals surface area contributed by atoms with Crippen molar-refractivity contribution in [2.45, 2.75) is 32.9 Å². The maximum atomic E-state index is 12.1. The van der Waals surface area contributed by atoms with Crippen LogP contribution in [0.4, 0.5) is 4.79 Å². The minimum absolute atomic E-state index is 0. The maximum absolute atomic E-state index is 12.1. The van der Waals surface area contributed by atoms with Gasteiger partial charge in [-0.2, -0.15) is 0 Å². The van der Waals surface area contributed by atoms with E-state index in [2.05, 4.69) is 4.99 Å². The fourth-order valence-corrected chi connectivity index (χ4v) is 2.55. The molecule has 8 nitrogen and oxygen atoms in total. The van der Waals surface area contributed by atoms with Crippen LogP contribution in [-0.2, 0) is 11.3 Å². The lowest BCUT2D eigenvalue weighted by molar-refractivity contribution is 0.0186. The number of ether oxygens (including phenoxy) is 2. The zero-order chi connectivity index (χ0) is 19.3. The number of rotatable bonds is 3. The number of halogens is 1. The molecular formula is C18H29IN4O4. The first kappa shape index (κ1) is 23.1. The number of amides is 1. The summed E-state index contributed by atoms with van der Waals surface area (Å²) in [5.74, 6) is 0.915. The molecule has 1 saturated heterocycles. The lowest BCUT2D eigenvalue weighted by Gasteiger charge is -2.36. The van der Waals surface area contributed by atoms with Gasteiger partial charge >= 0.3 is 6.09 Å². The van der Waals surface area contributed by atoms with Crippen LogP contribution in [0.1, 0.15) is 26.3 Å². The Morgan fingerprint density at radius 3 is 2.33 bits per heavy atom. The topological polar surface area (TPSA) is 101 Å². The third kappa shape index (κ3) is 6.96. The van der Waals surface area contributed by atoms with E-state index in [0.717, 1.165) is 5.56 Å². The van der Waals surface area contributed by atoms with E-state index in [0.29, 0.717) is 44.4 Å². The number of carbonyl (C=O) groups excluding carboxylic acids is 1. The Balaban J connectivity index is 0.00000364. The summed E-state index contributed by atoms with van der Waals surface area (Å²) < 4.78 is 10.4. The second-order valence-corrected chi connectivity index (χ2v) is 7.14. The number of methoxy groups -OCH3 is 1. The minimum Gasteiger partial charge on any atom is -0.504 e. The highest BCUT2D eigenvalue weighted by Crippen LogP contribution is 2.26. The number of nitrogens with zero attached hydrogens (tertiary/aromatic N) is 3. The average molecular weight is 492 g/mol. The summed E-state index contributed by atoms with van der Waals surface area (Å²) in [5, 5.41) is 9.80. The molecule has 152 valence electrons. The van der Waals surface area contributed by atoms with Gasteiger partial charge in [0.15, 0.2) is 17.5 Å². The molecule has 1 fully saturated rings. The van der Waals surface area contributed by atoms with Crippen molar-refractivity contribution in [3.05, 3.63) is 23.8 Å². The van der Waals surface area contributed by atoms with Gasteiger partial charge in [-0.25, -0.2) is 9.79 Å². The van der Waals surface area contributed by atoms with Crippen LogP contribution < -0.4 is 10.5 Å². The smallest absolute Gasteiger partial charge is 0.410 e. The monoisotopic (exact) mass is 492 g/mol. The van der Waals surface area contributed by atoms with Gasteiger partial charge in [0.1, 0.15) is 5.60 Å². The van der Waals surface area contributed by atoms with Crippen LogP contribution in [0.5, 0.6) is 11.5 Å². The maximum Gasteiger partial charge on any atom is 0.410 e. The molecule has 1 aliphatic rings. The molecule has 0 atom stereocenters. The van der Waals surface area contributed by atoms with Crippen molar-refractivity contribution < 1.29 is 19.4 Å². The van der Waals surface area contributed by atoms with Crippen LogP contribution >= 0.6 is 24.0 Å². The van der Waals surface area contributed by atoms with E-state index in [1.165, 1.54) is 7.11 Å². The SMILES string of the molecule is COc1ccc(CN=C(N)N2CCN(C(=O)OC(C)(C)C)CC2)cc1O.I. The van der Waals surface area contributed by atoms with Crippen LogP contribution in [0, 0.1) is 0 Å². The number of nitrogens with two attached hydrogens (primary N) is 1. The summed E-state index contributed by atoms with van der Waals surface area (Å²) in [6, 6.07) is 5.13. The second kappa shape index (κ2) is 9.86. The number of carbonyl (C=O) groups is 1. The number of aliphatic imine (C=N–C) groups is 1. The molecule has 1 amide bonds.